The highest BCUT2D eigenvalue weighted by Gasteiger charge is 2.23. The lowest BCUT2D eigenvalue weighted by atomic mass is 9.86. The summed E-state index contributed by atoms with van der Waals surface area (Å²) in [5, 5.41) is 13.3. The molecular weight excluding hydrogens is 262 g/mol. The van der Waals surface area contributed by atoms with Crippen molar-refractivity contribution in [2.45, 2.75) is 38.7 Å². The van der Waals surface area contributed by atoms with Gasteiger partial charge in [-0.3, -0.25) is 4.79 Å². The lowest BCUT2D eigenvalue weighted by Crippen LogP contribution is -2.36. The van der Waals surface area contributed by atoms with Crippen LogP contribution < -0.4 is 5.32 Å². The Morgan fingerprint density at radius 3 is 2.79 bits per heavy atom. The van der Waals surface area contributed by atoms with Crippen molar-refractivity contribution in [1.29, 1.82) is 0 Å². The van der Waals surface area contributed by atoms with Gasteiger partial charge in [-0.25, -0.2) is 0 Å². The summed E-state index contributed by atoms with van der Waals surface area (Å²) >= 11 is 5.95. The molecule has 4 heteroatoms. The fourth-order valence-corrected chi connectivity index (χ4v) is 2.91. The van der Waals surface area contributed by atoms with E-state index in [1.807, 2.05) is 19.1 Å². The van der Waals surface area contributed by atoms with E-state index in [4.69, 9.17) is 11.6 Å². The van der Waals surface area contributed by atoms with E-state index in [-0.39, 0.29) is 17.9 Å². The van der Waals surface area contributed by atoms with Gasteiger partial charge in [0.1, 0.15) is 0 Å². The quantitative estimate of drug-likeness (QED) is 0.895. The molecule has 0 spiro atoms. The Morgan fingerprint density at radius 2 is 2.11 bits per heavy atom. The van der Waals surface area contributed by atoms with E-state index in [0.29, 0.717) is 17.1 Å². The molecule has 0 bridgehead atoms. The largest absolute Gasteiger partial charge is 0.393 e. The number of benzene rings is 1. The lowest BCUT2D eigenvalue weighted by molar-refractivity contribution is 0.0663. The predicted molar refractivity (Wildman–Crippen MR) is 76.5 cm³/mol. The van der Waals surface area contributed by atoms with Gasteiger partial charge >= 0.3 is 0 Å². The number of nitrogens with one attached hydrogen (secondary N) is 1. The van der Waals surface area contributed by atoms with E-state index < -0.39 is 0 Å². The highest BCUT2D eigenvalue weighted by Crippen LogP contribution is 2.23. The Hall–Kier alpha value is -1.06. The fourth-order valence-electron chi connectivity index (χ4n) is 2.62. The second-order valence-corrected chi connectivity index (χ2v) is 5.78. The summed E-state index contributed by atoms with van der Waals surface area (Å²) in [6.45, 7) is 2.44. The van der Waals surface area contributed by atoms with Crippen LogP contribution >= 0.6 is 11.6 Å². The van der Waals surface area contributed by atoms with E-state index in [0.717, 1.165) is 31.2 Å². The summed E-state index contributed by atoms with van der Waals surface area (Å²) in [6.07, 6.45) is 3.76. The maximum absolute atomic E-state index is 12.0. The van der Waals surface area contributed by atoms with Crippen molar-refractivity contribution < 1.29 is 9.90 Å². The first-order valence-electron chi connectivity index (χ1n) is 6.79. The lowest BCUT2D eigenvalue weighted by Gasteiger charge is -2.27. The fraction of sp³-hybridized carbons (Fsp3) is 0.533. The third-order valence-corrected chi connectivity index (χ3v) is 3.92. The molecule has 0 aromatic heterocycles. The monoisotopic (exact) mass is 281 g/mol. The number of aryl methyl sites for hydroxylation is 1. The Morgan fingerprint density at radius 1 is 1.37 bits per heavy atom. The molecule has 1 aliphatic rings. The van der Waals surface area contributed by atoms with Crippen molar-refractivity contribution in [3.63, 3.8) is 0 Å². The molecule has 2 atom stereocenters. The van der Waals surface area contributed by atoms with Crippen LogP contribution in [0.5, 0.6) is 0 Å². The number of hydrogen-bond donors (Lipinski definition) is 2. The minimum atomic E-state index is -0.282. The molecule has 1 saturated carbocycles. The first kappa shape index (κ1) is 14.4. The first-order chi connectivity index (χ1) is 9.06. The van der Waals surface area contributed by atoms with Gasteiger partial charge in [0, 0.05) is 23.0 Å². The zero-order valence-electron chi connectivity index (χ0n) is 11.2. The van der Waals surface area contributed by atoms with E-state index in [1.54, 1.807) is 6.07 Å². The van der Waals surface area contributed by atoms with Gasteiger partial charge in [0.25, 0.3) is 5.91 Å². The van der Waals surface area contributed by atoms with Crippen LogP contribution in [0.15, 0.2) is 18.2 Å². The number of rotatable bonds is 3. The van der Waals surface area contributed by atoms with E-state index in [1.165, 1.54) is 0 Å². The maximum Gasteiger partial charge on any atom is 0.251 e. The highest BCUT2D eigenvalue weighted by atomic mass is 35.5. The Kier molecular flexibility index (Phi) is 4.83. The normalized spacial score (nSPS) is 23.1. The number of halogens is 1. The standard InChI is InChI=1S/C15H20ClNO2/c1-10-6-12(8-13(16)7-10)15(19)17-9-11-4-2-3-5-14(11)18/h6-8,11,14,18H,2-5,9H2,1H3,(H,17,19). The molecule has 1 aromatic rings. The zero-order chi connectivity index (χ0) is 13.8. The second-order valence-electron chi connectivity index (χ2n) is 5.34. The van der Waals surface area contributed by atoms with Crippen LogP contribution in [0.4, 0.5) is 0 Å². The summed E-state index contributed by atoms with van der Waals surface area (Å²) in [4.78, 5) is 12.0. The first-order valence-corrected chi connectivity index (χ1v) is 7.17. The molecule has 19 heavy (non-hydrogen) atoms. The average Bonchev–Trinajstić information content (AvgIpc) is 2.36. The van der Waals surface area contributed by atoms with Gasteiger partial charge in [0.15, 0.2) is 0 Å². The Balaban J connectivity index is 1.93. The third-order valence-electron chi connectivity index (χ3n) is 3.70. The number of carbonyl (C=O) groups excluding carboxylic acids is 1. The zero-order valence-corrected chi connectivity index (χ0v) is 11.9. The minimum Gasteiger partial charge on any atom is -0.393 e. The SMILES string of the molecule is Cc1cc(Cl)cc(C(=O)NCC2CCCCC2O)c1. The number of amides is 1. The summed E-state index contributed by atoms with van der Waals surface area (Å²) in [7, 11) is 0. The van der Waals surface area contributed by atoms with Crippen molar-refractivity contribution >= 4 is 17.5 Å². The summed E-state index contributed by atoms with van der Waals surface area (Å²) in [5.41, 5.74) is 1.55. The molecule has 0 radical (unpaired) electrons. The van der Waals surface area contributed by atoms with Crippen molar-refractivity contribution in [2.75, 3.05) is 6.54 Å². The van der Waals surface area contributed by atoms with Crippen LogP contribution in [-0.2, 0) is 0 Å². The van der Waals surface area contributed by atoms with Crippen molar-refractivity contribution in [1.82, 2.24) is 5.32 Å². The van der Waals surface area contributed by atoms with E-state index in [2.05, 4.69) is 5.32 Å². The van der Waals surface area contributed by atoms with Crippen molar-refractivity contribution in [2.24, 2.45) is 5.92 Å². The molecule has 2 unspecified atom stereocenters. The molecule has 1 amide bonds. The van der Waals surface area contributed by atoms with Crippen LogP contribution in [-0.4, -0.2) is 23.7 Å². The smallest absolute Gasteiger partial charge is 0.251 e. The van der Waals surface area contributed by atoms with Crippen molar-refractivity contribution in [3.05, 3.63) is 34.3 Å². The van der Waals surface area contributed by atoms with Gasteiger partial charge in [0.2, 0.25) is 0 Å². The average molecular weight is 282 g/mol. The van der Waals surface area contributed by atoms with Crippen molar-refractivity contribution in [3.8, 4) is 0 Å². The number of aliphatic hydroxyl groups excluding tert-OH is 1. The maximum atomic E-state index is 12.0. The molecule has 0 heterocycles. The van der Waals surface area contributed by atoms with E-state index in [9.17, 15) is 9.90 Å². The molecule has 2 rings (SSSR count). The van der Waals surface area contributed by atoms with Gasteiger partial charge in [-0.1, -0.05) is 24.4 Å². The number of hydrogen-bond acceptors (Lipinski definition) is 2. The molecule has 104 valence electrons. The Labute approximate surface area is 119 Å². The van der Waals surface area contributed by atoms with Crippen LogP contribution in [0.25, 0.3) is 0 Å². The highest BCUT2D eigenvalue weighted by molar-refractivity contribution is 6.31. The molecule has 1 fully saturated rings. The molecular formula is C15H20ClNO2. The van der Waals surface area contributed by atoms with Gasteiger partial charge < -0.3 is 10.4 Å². The topological polar surface area (TPSA) is 49.3 Å². The van der Waals surface area contributed by atoms with Crippen LogP contribution in [0.2, 0.25) is 5.02 Å². The minimum absolute atomic E-state index is 0.122. The molecule has 3 nitrogen and oxygen atoms in total. The molecule has 1 aromatic carbocycles. The van der Waals surface area contributed by atoms with E-state index >= 15 is 0 Å². The van der Waals surface area contributed by atoms with Crippen LogP contribution in [0.3, 0.4) is 0 Å². The molecule has 1 aliphatic carbocycles. The van der Waals surface area contributed by atoms with Gasteiger partial charge in [0.05, 0.1) is 6.10 Å². The third kappa shape index (κ3) is 3.95. The van der Waals surface area contributed by atoms with Crippen LogP contribution in [0.1, 0.15) is 41.6 Å². The summed E-state index contributed by atoms with van der Waals surface area (Å²) in [6, 6.07) is 5.31. The number of carbonyl (C=O) groups is 1. The van der Waals surface area contributed by atoms with Crippen LogP contribution in [0, 0.1) is 12.8 Å². The molecule has 0 aliphatic heterocycles. The number of aliphatic hydroxyl groups is 1. The second kappa shape index (κ2) is 6.40. The Bertz CT molecular complexity index is 441. The summed E-state index contributed by atoms with van der Waals surface area (Å²) < 4.78 is 0. The van der Waals surface area contributed by atoms with Gasteiger partial charge in [-0.15, -0.1) is 0 Å². The van der Waals surface area contributed by atoms with Gasteiger partial charge in [-0.2, -0.15) is 0 Å². The predicted octanol–water partition coefficient (Wildman–Crippen LogP) is 2.93. The molecule has 0 saturated heterocycles. The van der Waals surface area contributed by atoms with Gasteiger partial charge in [-0.05, 0) is 43.5 Å². The molecule has 2 N–H and O–H groups in total. The summed E-state index contributed by atoms with van der Waals surface area (Å²) in [5.74, 6) is 0.0568.